The highest BCUT2D eigenvalue weighted by molar-refractivity contribution is 6.35. The molecule has 0 heterocycles. The van der Waals surface area contributed by atoms with Crippen molar-refractivity contribution in [3.8, 4) is 5.75 Å². The van der Waals surface area contributed by atoms with Crippen LogP contribution in [0.3, 0.4) is 0 Å². The maximum atomic E-state index is 11.8. The van der Waals surface area contributed by atoms with Crippen LogP contribution in [-0.4, -0.2) is 32.0 Å². The molecule has 26 heavy (non-hydrogen) atoms. The first-order chi connectivity index (χ1) is 12.5. The zero-order valence-corrected chi connectivity index (χ0v) is 15.9. The molecule has 2 N–H and O–H groups in total. The second-order valence-corrected chi connectivity index (χ2v) is 6.44. The Morgan fingerprint density at radius 3 is 2.31 bits per heavy atom. The van der Waals surface area contributed by atoms with Crippen molar-refractivity contribution in [1.82, 2.24) is 10.6 Å². The van der Waals surface area contributed by atoms with E-state index in [2.05, 4.69) is 10.6 Å². The molecule has 2 aromatic rings. The number of hydrogen-bond acceptors (Lipinski definition) is 3. The van der Waals surface area contributed by atoms with Crippen LogP contribution in [0.1, 0.15) is 11.1 Å². The zero-order chi connectivity index (χ0) is 18.9. The summed E-state index contributed by atoms with van der Waals surface area (Å²) in [5, 5.41) is 6.27. The molecule has 0 fully saturated rings. The van der Waals surface area contributed by atoms with Gasteiger partial charge >= 0.3 is 11.8 Å². The quantitative estimate of drug-likeness (QED) is 0.709. The molecule has 0 aliphatic heterocycles. The lowest BCUT2D eigenvalue weighted by Crippen LogP contribution is -2.41. The SMILES string of the molecule is COc1cccc(CCNC(=O)C(=O)NCCc2ccc(Cl)cc2Cl)c1. The van der Waals surface area contributed by atoms with Gasteiger partial charge in [0.2, 0.25) is 0 Å². The van der Waals surface area contributed by atoms with Crippen molar-refractivity contribution in [1.29, 1.82) is 0 Å². The molecule has 0 atom stereocenters. The van der Waals surface area contributed by atoms with Crippen LogP contribution in [0.4, 0.5) is 0 Å². The van der Waals surface area contributed by atoms with E-state index in [1.807, 2.05) is 24.3 Å². The number of benzene rings is 2. The maximum absolute atomic E-state index is 11.8. The number of methoxy groups -OCH3 is 1. The molecule has 0 spiro atoms. The van der Waals surface area contributed by atoms with Gasteiger partial charge in [-0.3, -0.25) is 9.59 Å². The molecule has 2 amide bonds. The lowest BCUT2D eigenvalue weighted by molar-refractivity contribution is -0.139. The fourth-order valence-electron chi connectivity index (χ4n) is 2.34. The Labute approximate surface area is 162 Å². The van der Waals surface area contributed by atoms with Crippen LogP contribution >= 0.6 is 23.2 Å². The summed E-state index contributed by atoms with van der Waals surface area (Å²) in [5.74, 6) is -0.566. The molecule has 0 aromatic heterocycles. The van der Waals surface area contributed by atoms with E-state index >= 15 is 0 Å². The minimum atomic E-state index is -0.666. The van der Waals surface area contributed by atoms with Crippen molar-refractivity contribution in [2.75, 3.05) is 20.2 Å². The van der Waals surface area contributed by atoms with Gasteiger partial charge in [-0.05, 0) is 48.2 Å². The summed E-state index contributed by atoms with van der Waals surface area (Å²) >= 11 is 11.9. The van der Waals surface area contributed by atoms with Gasteiger partial charge < -0.3 is 15.4 Å². The van der Waals surface area contributed by atoms with Crippen LogP contribution in [0.15, 0.2) is 42.5 Å². The monoisotopic (exact) mass is 394 g/mol. The van der Waals surface area contributed by atoms with Crippen LogP contribution in [0.25, 0.3) is 0 Å². The molecule has 0 saturated carbocycles. The number of ether oxygens (including phenoxy) is 1. The number of rotatable bonds is 7. The molecule has 0 saturated heterocycles. The summed E-state index contributed by atoms with van der Waals surface area (Å²) in [7, 11) is 1.60. The van der Waals surface area contributed by atoms with Gasteiger partial charge in [0, 0.05) is 23.1 Å². The Morgan fingerprint density at radius 1 is 0.962 bits per heavy atom. The lowest BCUT2D eigenvalue weighted by atomic mass is 10.1. The first kappa shape index (κ1) is 20.1. The molecule has 2 aromatic carbocycles. The van der Waals surface area contributed by atoms with Crippen LogP contribution in [0.5, 0.6) is 5.75 Å². The van der Waals surface area contributed by atoms with Crippen LogP contribution < -0.4 is 15.4 Å². The van der Waals surface area contributed by atoms with Gasteiger partial charge in [0.05, 0.1) is 7.11 Å². The van der Waals surface area contributed by atoms with Crippen molar-refractivity contribution in [2.24, 2.45) is 0 Å². The molecule has 0 aliphatic rings. The number of amides is 2. The van der Waals surface area contributed by atoms with Gasteiger partial charge in [-0.15, -0.1) is 0 Å². The molecule has 0 aliphatic carbocycles. The second-order valence-electron chi connectivity index (χ2n) is 5.60. The van der Waals surface area contributed by atoms with Crippen molar-refractivity contribution in [3.63, 3.8) is 0 Å². The van der Waals surface area contributed by atoms with Crippen molar-refractivity contribution in [3.05, 3.63) is 63.6 Å². The number of halogens is 2. The third-order valence-corrected chi connectivity index (χ3v) is 4.32. The Kier molecular flexibility index (Phi) is 7.75. The van der Waals surface area contributed by atoms with Gasteiger partial charge in [-0.1, -0.05) is 41.4 Å². The van der Waals surface area contributed by atoms with E-state index in [1.54, 1.807) is 25.3 Å². The van der Waals surface area contributed by atoms with Gasteiger partial charge in [0.25, 0.3) is 0 Å². The first-order valence-corrected chi connectivity index (χ1v) is 8.88. The van der Waals surface area contributed by atoms with E-state index in [0.717, 1.165) is 16.9 Å². The van der Waals surface area contributed by atoms with Crippen LogP contribution in [-0.2, 0) is 22.4 Å². The lowest BCUT2D eigenvalue weighted by Gasteiger charge is -2.08. The number of hydrogen-bond donors (Lipinski definition) is 2. The van der Waals surface area contributed by atoms with Crippen molar-refractivity contribution >= 4 is 35.0 Å². The third kappa shape index (κ3) is 6.24. The van der Waals surface area contributed by atoms with E-state index in [-0.39, 0.29) is 0 Å². The van der Waals surface area contributed by atoms with E-state index in [0.29, 0.717) is 36.0 Å². The summed E-state index contributed by atoms with van der Waals surface area (Å²) < 4.78 is 5.15. The molecule has 7 heteroatoms. The van der Waals surface area contributed by atoms with Gasteiger partial charge in [-0.25, -0.2) is 0 Å². The summed E-state index contributed by atoms with van der Waals surface area (Å²) in [6.07, 6.45) is 1.12. The maximum Gasteiger partial charge on any atom is 0.309 e. The standard InChI is InChI=1S/C19H20Cl2N2O3/c1-26-16-4-2-3-13(11-16)7-9-22-18(24)19(25)23-10-8-14-5-6-15(20)12-17(14)21/h2-6,11-12H,7-10H2,1H3,(H,22,24)(H,23,25). The molecule has 0 bridgehead atoms. The topological polar surface area (TPSA) is 67.4 Å². The Morgan fingerprint density at radius 2 is 1.65 bits per heavy atom. The highest BCUT2D eigenvalue weighted by atomic mass is 35.5. The van der Waals surface area contributed by atoms with Crippen molar-refractivity contribution < 1.29 is 14.3 Å². The average molecular weight is 395 g/mol. The molecule has 0 radical (unpaired) electrons. The van der Waals surface area contributed by atoms with E-state index < -0.39 is 11.8 Å². The number of carbonyl (C=O) groups is 2. The fraction of sp³-hybridized carbons (Fsp3) is 0.263. The largest absolute Gasteiger partial charge is 0.497 e. The van der Waals surface area contributed by atoms with Crippen molar-refractivity contribution in [2.45, 2.75) is 12.8 Å². The molecule has 138 valence electrons. The number of nitrogens with one attached hydrogen (secondary N) is 2. The Bertz CT molecular complexity index is 781. The second kappa shape index (κ2) is 10.0. The third-order valence-electron chi connectivity index (χ3n) is 3.73. The normalized spacial score (nSPS) is 10.3. The van der Waals surface area contributed by atoms with Gasteiger partial charge in [0.15, 0.2) is 0 Å². The fourth-order valence-corrected chi connectivity index (χ4v) is 2.85. The summed E-state index contributed by atoms with van der Waals surface area (Å²) in [5.41, 5.74) is 1.87. The predicted octanol–water partition coefficient (Wildman–Crippen LogP) is 3.02. The van der Waals surface area contributed by atoms with E-state index in [9.17, 15) is 9.59 Å². The summed E-state index contributed by atoms with van der Waals surface area (Å²) in [6.45, 7) is 0.673. The molecule has 5 nitrogen and oxygen atoms in total. The summed E-state index contributed by atoms with van der Waals surface area (Å²) in [6, 6.07) is 12.7. The number of carbonyl (C=O) groups excluding carboxylic acids is 2. The molecular weight excluding hydrogens is 375 g/mol. The zero-order valence-electron chi connectivity index (χ0n) is 14.4. The van der Waals surface area contributed by atoms with Gasteiger partial charge in [-0.2, -0.15) is 0 Å². The molecule has 2 rings (SSSR count). The smallest absolute Gasteiger partial charge is 0.309 e. The average Bonchev–Trinajstić information content (AvgIpc) is 2.63. The van der Waals surface area contributed by atoms with Gasteiger partial charge in [0.1, 0.15) is 5.75 Å². The first-order valence-electron chi connectivity index (χ1n) is 8.12. The minimum absolute atomic E-state index is 0.309. The highest BCUT2D eigenvalue weighted by Gasteiger charge is 2.12. The predicted molar refractivity (Wildman–Crippen MR) is 103 cm³/mol. The van der Waals surface area contributed by atoms with Crippen LogP contribution in [0.2, 0.25) is 10.0 Å². The Balaban J connectivity index is 1.71. The van der Waals surface area contributed by atoms with Crippen LogP contribution in [0, 0.1) is 0 Å². The minimum Gasteiger partial charge on any atom is -0.497 e. The van der Waals surface area contributed by atoms with E-state index in [1.165, 1.54) is 0 Å². The molecule has 0 unspecified atom stereocenters. The molecular formula is C19H20Cl2N2O3. The van der Waals surface area contributed by atoms with E-state index in [4.69, 9.17) is 27.9 Å². The highest BCUT2D eigenvalue weighted by Crippen LogP contribution is 2.21. The Hall–Kier alpha value is -2.24. The summed E-state index contributed by atoms with van der Waals surface area (Å²) in [4.78, 5) is 23.6.